The molecule has 1 atom stereocenters. The molecule has 1 fully saturated rings. The fourth-order valence-electron chi connectivity index (χ4n) is 1.88. The molecule has 0 bridgehead atoms. The number of nitrogens with one attached hydrogen (secondary N) is 2. The number of nitrogen functional groups attached to an aromatic ring is 1. The molecule has 1 aromatic rings. The molecule has 0 radical (unpaired) electrons. The minimum absolute atomic E-state index is 0.00791. The highest BCUT2D eigenvalue weighted by atomic mass is 79.9. The molecule has 2 rings (SSSR count). The molecule has 1 heterocycles. The summed E-state index contributed by atoms with van der Waals surface area (Å²) in [6.07, 6.45) is 1.18. The van der Waals surface area contributed by atoms with Crippen LogP contribution in [-0.2, 0) is 4.79 Å². The maximum Gasteiger partial charge on any atom is 0.252 e. The van der Waals surface area contributed by atoms with Gasteiger partial charge in [-0.05, 0) is 34.5 Å². The summed E-state index contributed by atoms with van der Waals surface area (Å²) in [6, 6.07) is 2.39. The van der Waals surface area contributed by atoms with Crippen LogP contribution in [0.1, 0.15) is 23.2 Å². The topological polar surface area (TPSA) is 84.2 Å². The minimum atomic E-state index is -0.577. The van der Waals surface area contributed by atoms with Crippen molar-refractivity contribution in [2.75, 3.05) is 12.3 Å². The summed E-state index contributed by atoms with van der Waals surface area (Å²) in [4.78, 5) is 23.0. The zero-order valence-electron chi connectivity index (χ0n) is 10.0. The first kappa shape index (κ1) is 13.8. The normalized spacial score (nSPS) is 18.2. The predicted octanol–water partition coefficient (Wildman–Crippen LogP) is 1.18. The Morgan fingerprint density at radius 2 is 2.32 bits per heavy atom. The molecule has 1 aromatic carbocycles. The average molecular weight is 330 g/mol. The van der Waals surface area contributed by atoms with Gasteiger partial charge in [-0.2, -0.15) is 0 Å². The largest absolute Gasteiger partial charge is 0.396 e. The van der Waals surface area contributed by atoms with Gasteiger partial charge in [-0.1, -0.05) is 0 Å². The average Bonchev–Trinajstić information content (AvgIpc) is 2.77. The monoisotopic (exact) mass is 329 g/mol. The van der Waals surface area contributed by atoms with Crippen LogP contribution in [0.15, 0.2) is 16.6 Å². The van der Waals surface area contributed by atoms with Gasteiger partial charge >= 0.3 is 0 Å². The van der Waals surface area contributed by atoms with Crippen molar-refractivity contribution in [2.45, 2.75) is 18.9 Å². The highest BCUT2D eigenvalue weighted by Crippen LogP contribution is 2.22. The zero-order valence-corrected chi connectivity index (χ0v) is 11.6. The second-order valence-corrected chi connectivity index (χ2v) is 5.22. The van der Waals surface area contributed by atoms with Gasteiger partial charge in [0.1, 0.15) is 5.82 Å². The highest BCUT2D eigenvalue weighted by molar-refractivity contribution is 9.10. The van der Waals surface area contributed by atoms with Crippen molar-refractivity contribution < 1.29 is 14.0 Å². The number of hydrogen-bond acceptors (Lipinski definition) is 3. The summed E-state index contributed by atoms with van der Waals surface area (Å²) in [5.74, 6) is -0.947. The standard InChI is InChI=1S/C12H13BrFN3O2/c13-8-4-9(14)10(15)3-7(8)12(19)16-5-6-1-2-11(18)17-6/h3-4,6H,1-2,5,15H2,(H,16,19)(H,17,18). The molecule has 1 unspecified atom stereocenters. The minimum Gasteiger partial charge on any atom is -0.396 e. The summed E-state index contributed by atoms with van der Waals surface area (Å²) >= 11 is 3.12. The summed E-state index contributed by atoms with van der Waals surface area (Å²) < 4.78 is 13.5. The quantitative estimate of drug-likeness (QED) is 0.728. The Labute approximate surface area is 117 Å². The Kier molecular flexibility index (Phi) is 4.04. The van der Waals surface area contributed by atoms with Gasteiger partial charge in [0.25, 0.3) is 5.91 Å². The number of carbonyl (C=O) groups is 2. The number of halogens is 2. The molecule has 19 heavy (non-hydrogen) atoms. The van der Waals surface area contributed by atoms with E-state index in [1.54, 1.807) is 0 Å². The molecule has 2 amide bonds. The number of hydrogen-bond donors (Lipinski definition) is 3. The Hall–Kier alpha value is -1.63. The molecule has 0 aliphatic carbocycles. The maximum atomic E-state index is 13.2. The van der Waals surface area contributed by atoms with E-state index < -0.39 is 5.82 Å². The van der Waals surface area contributed by atoms with E-state index in [9.17, 15) is 14.0 Å². The van der Waals surface area contributed by atoms with Crippen LogP contribution in [0.5, 0.6) is 0 Å². The van der Waals surface area contributed by atoms with E-state index in [0.29, 0.717) is 23.9 Å². The second kappa shape index (κ2) is 5.56. The van der Waals surface area contributed by atoms with Crippen LogP contribution < -0.4 is 16.4 Å². The Morgan fingerprint density at radius 3 is 2.95 bits per heavy atom. The summed E-state index contributed by atoms with van der Waals surface area (Å²) in [5.41, 5.74) is 5.62. The van der Waals surface area contributed by atoms with E-state index in [4.69, 9.17) is 5.73 Å². The van der Waals surface area contributed by atoms with Gasteiger partial charge in [-0.25, -0.2) is 4.39 Å². The van der Waals surface area contributed by atoms with E-state index >= 15 is 0 Å². The van der Waals surface area contributed by atoms with Crippen LogP contribution in [0, 0.1) is 5.82 Å². The van der Waals surface area contributed by atoms with E-state index in [1.165, 1.54) is 6.07 Å². The summed E-state index contributed by atoms with van der Waals surface area (Å²) in [6.45, 7) is 0.342. The molecule has 102 valence electrons. The van der Waals surface area contributed by atoms with Crippen LogP contribution in [0.25, 0.3) is 0 Å². The fraction of sp³-hybridized carbons (Fsp3) is 0.333. The van der Waals surface area contributed by atoms with Gasteiger partial charge in [0, 0.05) is 23.5 Å². The number of anilines is 1. The highest BCUT2D eigenvalue weighted by Gasteiger charge is 2.21. The molecular formula is C12H13BrFN3O2. The number of rotatable bonds is 3. The van der Waals surface area contributed by atoms with E-state index in [1.807, 2.05) is 0 Å². The van der Waals surface area contributed by atoms with Crippen molar-refractivity contribution in [3.63, 3.8) is 0 Å². The van der Waals surface area contributed by atoms with Crippen LogP contribution in [0.4, 0.5) is 10.1 Å². The molecule has 1 saturated heterocycles. The van der Waals surface area contributed by atoms with Gasteiger partial charge in [0.15, 0.2) is 0 Å². The lowest BCUT2D eigenvalue weighted by molar-refractivity contribution is -0.119. The Morgan fingerprint density at radius 1 is 1.58 bits per heavy atom. The van der Waals surface area contributed by atoms with Gasteiger partial charge in [0.05, 0.1) is 11.3 Å². The molecule has 0 aromatic heterocycles. The lowest BCUT2D eigenvalue weighted by Crippen LogP contribution is -2.38. The van der Waals surface area contributed by atoms with Crippen molar-refractivity contribution in [1.29, 1.82) is 0 Å². The van der Waals surface area contributed by atoms with E-state index in [-0.39, 0.29) is 29.1 Å². The first-order chi connectivity index (χ1) is 8.97. The summed E-state index contributed by atoms with van der Waals surface area (Å²) in [5, 5.41) is 5.43. The Bertz CT molecular complexity index is 536. The van der Waals surface area contributed by atoms with Gasteiger partial charge in [-0.3, -0.25) is 9.59 Å². The second-order valence-electron chi connectivity index (χ2n) is 4.37. The van der Waals surface area contributed by atoms with Crippen LogP contribution in [0.3, 0.4) is 0 Å². The molecule has 7 heteroatoms. The molecule has 1 aliphatic heterocycles. The van der Waals surface area contributed by atoms with E-state index in [0.717, 1.165) is 6.07 Å². The van der Waals surface area contributed by atoms with Crippen molar-refractivity contribution >= 4 is 33.4 Å². The van der Waals surface area contributed by atoms with E-state index in [2.05, 4.69) is 26.6 Å². The molecule has 5 nitrogen and oxygen atoms in total. The van der Waals surface area contributed by atoms with Gasteiger partial charge in [0.2, 0.25) is 5.91 Å². The maximum absolute atomic E-state index is 13.2. The summed E-state index contributed by atoms with van der Waals surface area (Å²) in [7, 11) is 0. The number of carbonyl (C=O) groups excluding carboxylic acids is 2. The molecule has 0 saturated carbocycles. The third-order valence-corrected chi connectivity index (χ3v) is 3.58. The zero-order chi connectivity index (χ0) is 14.0. The third kappa shape index (κ3) is 3.23. The lowest BCUT2D eigenvalue weighted by Gasteiger charge is -2.12. The molecule has 0 spiro atoms. The Balaban J connectivity index is 2.00. The van der Waals surface area contributed by atoms with Crippen molar-refractivity contribution in [3.05, 3.63) is 28.0 Å². The number of nitrogens with two attached hydrogens (primary N) is 1. The molecular weight excluding hydrogens is 317 g/mol. The molecule has 4 N–H and O–H groups in total. The third-order valence-electron chi connectivity index (χ3n) is 2.92. The van der Waals surface area contributed by atoms with Gasteiger partial charge < -0.3 is 16.4 Å². The van der Waals surface area contributed by atoms with Crippen LogP contribution >= 0.6 is 15.9 Å². The van der Waals surface area contributed by atoms with Crippen molar-refractivity contribution in [3.8, 4) is 0 Å². The predicted molar refractivity (Wildman–Crippen MR) is 72.0 cm³/mol. The first-order valence-corrected chi connectivity index (χ1v) is 6.58. The molecule has 1 aliphatic rings. The van der Waals surface area contributed by atoms with Crippen LogP contribution in [0.2, 0.25) is 0 Å². The number of amides is 2. The fourth-order valence-corrected chi connectivity index (χ4v) is 2.38. The lowest BCUT2D eigenvalue weighted by atomic mass is 10.1. The first-order valence-electron chi connectivity index (χ1n) is 5.79. The van der Waals surface area contributed by atoms with Gasteiger partial charge in [-0.15, -0.1) is 0 Å². The number of benzene rings is 1. The van der Waals surface area contributed by atoms with Crippen LogP contribution in [-0.4, -0.2) is 24.4 Å². The SMILES string of the molecule is Nc1cc(C(=O)NCC2CCC(=O)N2)c(Br)cc1F. The van der Waals surface area contributed by atoms with Crippen molar-refractivity contribution in [1.82, 2.24) is 10.6 Å². The van der Waals surface area contributed by atoms with Crippen molar-refractivity contribution in [2.24, 2.45) is 0 Å². The smallest absolute Gasteiger partial charge is 0.252 e.